The fourth-order valence-electron chi connectivity index (χ4n) is 3.86. The Balaban J connectivity index is 1.40. The van der Waals surface area contributed by atoms with Gasteiger partial charge in [-0.2, -0.15) is 5.10 Å². The van der Waals surface area contributed by atoms with E-state index in [0.717, 1.165) is 40.3 Å². The minimum absolute atomic E-state index is 0.0119. The average molecular weight is 396 g/mol. The van der Waals surface area contributed by atoms with E-state index in [4.69, 9.17) is 14.3 Å². The predicted molar refractivity (Wildman–Crippen MR) is 102 cm³/mol. The number of ether oxygens (including phenoxy) is 1. The van der Waals surface area contributed by atoms with Crippen LogP contribution in [0.15, 0.2) is 35.0 Å². The number of fused-ring (bicyclic) bond motifs is 3. The fraction of sp³-hybridized carbons (Fsp3) is 0.381. The first-order chi connectivity index (χ1) is 14.0. The number of halogens is 1. The van der Waals surface area contributed by atoms with E-state index in [1.165, 1.54) is 0 Å². The molecule has 0 unspecified atom stereocenters. The SMILES string of the molecule is Cc1c(C(=O)NCC2(F)COC2)oc2c1-c1nn(Cc3ccccn3)cc1CC2. The van der Waals surface area contributed by atoms with E-state index in [-0.39, 0.29) is 25.5 Å². The molecule has 1 aliphatic carbocycles. The lowest BCUT2D eigenvalue weighted by Crippen LogP contribution is -2.53. The normalized spacial score (nSPS) is 16.6. The van der Waals surface area contributed by atoms with E-state index in [2.05, 4.69) is 10.3 Å². The van der Waals surface area contributed by atoms with Crippen LogP contribution in [0.5, 0.6) is 0 Å². The highest BCUT2D eigenvalue weighted by atomic mass is 19.1. The molecular formula is C21H21FN4O3. The van der Waals surface area contributed by atoms with Crippen LogP contribution in [0.1, 0.15) is 33.1 Å². The van der Waals surface area contributed by atoms with E-state index in [1.54, 1.807) is 6.20 Å². The maximum absolute atomic E-state index is 14.1. The number of aromatic nitrogens is 3. The molecule has 5 rings (SSSR count). The number of hydrogen-bond donors (Lipinski definition) is 1. The molecule has 150 valence electrons. The Kier molecular flexibility index (Phi) is 4.24. The molecule has 1 N–H and O–H groups in total. The molecule has 0 saturated carbocycles. The second-order valence-electron chi connectivity index (χ2n) is 7.70. The molecule has 8 heteroatoms. The third kappa shape index (κ3) is 3.23. The van der Waals surface area contributed by atoms with Gasteiger partial charge in [-0.25, -0.2) is 4.39 Å². The highest BCUT2D eigenvalue weighted by molar-refractivity contribution is 5.95. The van der Waals surface area contributed by atoms with E-state index in [9.17, 15) is 9.18 Å². The number of alkyl halides is 1. The Bertz CT molecular complexity index is 1070. The predicted octanol–water partition coefficient (Wildman–Crippen LogP) is 2.46. The summed E-state index contributed by atoms with van der Waals surface area (Å²) in [6.45, 7) is 2.37. The third-order valence-electron chi connectivity index (χ3n) is 5.46. The minimum atomic E-state index is -1.48. The molecule has 2 aliphatic rings. The molecule has 0 radical (unpaired) electrons. The monoisotopic (exact) mass is 396 g/mol. The van der Waals surface area contributed by atoms with Gasteiger partial charge in [0.05, 0.1) is 37.7 Å². The maximum Gasteiger partial charge on any atom is 0.287 e. The Morgan fingerprint density at radius 1 is 1.34 bits per heavy atom. The number of pyridine rings is 1. The Hall–Kier alpha value is -3.00. The zero-order valence-corrected chi connectivity index (χ0v) is 16.1. The highest BCUT2D eigenvalue weighted by Gasteiger charge is 2.39. The highest BCUT2D eigenvalue weighted by Crippen LogP contribution is 2.38. The average Bonchev–Trinajstić information content (AvgIpc) is 3.25. The Morgan fingerprint density at radius 3 is 2.93 bits per heavy atom. The van der Waals surface area contributed by atoms with Crippen molar-refractivity contribution in [2.24, 2.45) is 0 Å². The molecule has 0 atom stereocenters. The smallest absolute Gasteiger partial charge is 0.287 e. The van der Waals surface area contributed by atoms with Crippen LogP contribution in [0, 0.1) is 6.92 Å². The van der Waals surface area contributed by atoms with Gasteiger partial charge in [-0.15, -0.1) is 0 Å². The number of carbonyl (C=O) groups is 1. The number of nitrogens with zero attached hydrogens (tertiary/aromatic N) is 3. The molecule has 0 bridgehead atoms. The van der Waals surface area contributed by atoms with Crippen LogP contribution in [0.4, 0.5) is 4.39 Å². The van der Waals surface area contributed by atoms with E-state index < -0.39 is 11.6 Å². The molecule has 0 aromatic carbocycles. The van der Waals surface area contributed by atoms with Crippen LogP contribution in [-0.2, 0) is 24.1 Å². The van der Waals surface area contributed by atoms with Crippen molar-refractivity contribution in [3.8, 4) is 11.3 Å². The van der Waals surface area contributed by atoms with Crippen LogP contribution in [0.2, 0.25) is 0 Å². The van der Waals surface area contributed by atoms with Gasteiger partial charge in [0.2, 0.25) is 0 Å². The van der Waals surface area contributed by atoms with Crippen molar-refractivity contribution in [1.82, 2.24) is 20.1 Å². The van der Waals surface area contributed by atoms with Gasteiger partial charge in [0.25, 0.3) is 5.91 Å². The summed E-state index contributed by atoms with van der Waals surface area (Å²) in [6.07, 6.45) is 5.29. The summed E-state index contributed by atoms with van der Waals surface area (Å²) in [5, 5.41) is 7.37. The summed E-state index contributed by atoms with van der Waals surface area (Å²) in [6, 6.07) is 5.79. The largest absolute Gasteiger partial charge is 0.455 e. The zero-order valence-electron chi connectivity index (χ0n) is 16.1. The van der Waals surface area contributed by atoms with Gasteiger partial charge in [-0.05, 0) is 31.0 Å². The van der Waals surface area contributed by atoms with Crippen molar-refractivity contribution in [3.63, 3.8) is 0 Å². The topological polar surface area (TPSA) is 82.2 Å². The van der Waals surface area contributed by atoms with Crippen LogP contribution in [0.25, 0.3) is 11.3 Å². The number of nitrogens with one attached hydrogen (secondary N) is 1. The van der Waals surface area contributed by atoms with Gasteiger partial charge in [-0.1, -0.05) is 6.07 Å². The lowest BCUT2D eigenvalue weighted by Gasteiger charge is -2.33. The number of carbonyl (C=O) groups excluding carboxylic acids is 1. The summed E-state index contributed by atoms with van der Waals surface area (Å²) < 4.78 is 26.7. The Labute approximate surface area is 166 Å². The van der Waals surface area contributed by atoms with Crippen LogP contribution in [-0.4, -0.2) is 46.1 Å². The van der Waals surface area contributed by atoms with Gasteiger partial charge in [0.1, 0.15) is 5.76 Å². The van der Waals surface area contributed by atoms with Crippen molar-refractivity contribution in [3.05, 3.63) is 58.9 Å². The van der Waals surface area contributed by atoms with E-state index in [1.807, 2.05) is 36.0 Å². The standard InChI is InChI=1S/C21H21FN4O3/c1-13-17-16(29-19(13)20(27)24-10-21(22)11-28-12-21)6-5-14-8-26(25-18(14)17)9-15-4-2-3-7-23-15/h2-4,7-8H,5-6,9-12H2,1H3,(H,24,27). The van der Waals surface area contributed by atoms with Crippen molar-refractivity contribution >= 4 is 5.91 Å². The van der Waals surface area contributed by atoms with Crippen LogP contribution in [0.3, 0.4) is 0 Å². The zero-order chi connectivity index (χ0) is 20.0. The van der Waals surface area contributed by atoms with Crippen molar-refractivity contribution in [1.29, 1.82) is 0 Å². The molecule has 1 aliphatic heterocycles. The van der Waals surface area contributed by atoms with Crippen molar-refractivity contribution in [2.75, 3.05) is 19.8 Å². The van der Waals surface area contributed by atoms with Gasteiger partial charge in [-0.3, -0.25) is 14.5 Å². The van der Waals surface area contributed by atoms with Gasteiger partial charge >= 0.3 is 0 Å². The molecule has 0 spiro atoms. The van der Waals surface area contributed by atoms with E-state index >= 15 is 0 Å². The first-order valence-corrected chi connectivity index (χ1v) is 9.66. The molecule has 7 nitrogen and oxygen atoms in total. The molecular weight excluding hydrogens is 375 g/mol. The summed E-state index contributed by atoms with van der Waals surface area (Å²) in [4.78, 5) is 16.9. The van der Waals surface area contributed by atoms with Crippen molar-refractivity contribution in [2.45, 2.75) is 32.0 Å². The molecule has 1 saturated heterocycles. The number of aryl methyl sites for hydroxylation is 2. The molecule has 29 heavy (non-hydrogen) atoms. The third-order valence-corrected chi connectivity index (χ3v) is 5.46. The van der Waals surface area contributed by atoms with Crippen molar-refractivity contribution < 1.29 is 18.3 Å². The summed E-state index contributed by atoms with van der Waals surface area (Å²) in [5.74, 6) is 0.575. The van der Waals surface area contributed by atoms with Gasteiger partial charge in [0, 0.05) is 29.9 Å². The lowest BCUT2D eigenvalue weighted by molar-refractivity contribution is -0.126. The molecule has 1 fully saturated rings. The second kappa shape index (κ2) is 6.81. The van der Waals surface area contributed by atoms with Gasteiger partial charge < -0.3 is 14.5 Å². The molecule has 4 heterocycles. The molecule has 3 aromatic rings. The number of rotatable bonds is 5. The first kappa shape index (κ1) is 18.1. The second-order valence-corrected chi connectivity index (χ2v) is 7.70. The summed E-state index contributed by atoms with van der Waals surface area (Å²) >= 11 is 0. The number of furan rings is 1. The van der Waals surface area contributed by atoms with Crippen LogP contribution < -0.4 is 5.32 Å². The van der Waals surface area contributed by atoms with Gasteiger partial charge in [0.15, 0.2) is 11.4 Å². The first-order valence-electron chi connectivity index (χ1n) is 9.66. The quantitative estimate of drug-likeness (QED) is 0.716. The van der Waals surface area contributed by atoms with Crippen LogP contribution >= 0.6 is 0 Å². The lowest BCUT2D eigenvalue weighted by atomic mass is 9.93. The van der Waals surface area contributed by atoms with E-state index in [0.29, 0.717) is 13.0 Å². The molecule has 1 amide bonds. The molecule has 3 aromatic heterocycles. The fourth-order valence-corrected chi connectivity index (χ4v) is 3.86. The summed E-state index contributed by atoms with van der Waals surface area (Å²) in [7, 11) is 0. The minimum Gasteiger partial charge on any atom is -0.455 e. The Morgan fingerprint density at radius 2 is 2.21 bits per heavy atom. The number of amides is 1. The maximum atomic E-state index is 14.1. The number of hydrogen-bond acceptors (Lipinski definition) is 5. The summed E-state index contributed by atoms with van der Waals surface area (Å²) in [5.41, 5.74) is 3.03.